The minimum Gasteiger partial charge on any atom is -0.481 e. The molecule has 0 bridgehead atoms. The predicted octanol–water partition coefficient (Wildman–Crippen LogP) is 4.32. The molecule has 64 heavy (non-hydrogen) atoms. The van der Waals surface area contributed by atoms with E-state index in [1.807, 2.05) is 0 Å². The summed E-state index contributed by atoms with van der Waals surface area (Å²) < 4.78 is 21.1. The van der Waals surface area contributed by atoms with Crippen LogP contribution < -0.4 is 21.3 Å². The zero-order chi connectivity index (χ0) is 47.6. The van der Waals surface area contributed by atoms with E-state index in [1.54, 1.807) is 13.8 Å². The van der Waals surface area contributed by atoms with Crippen LogP contribution in [0.5, 0.6) is 0 Å². The lowest BCUT2D eigenvalue weighted by atomic mass is 10.0. The lowest BCUT2D eigenvalue weighted by Crippen LogP contribution is -2.44. The number of carboxylic acid groups (broad SMARTS) is 3. The first-order valence-electron chi connectivity index (χ1n) is 23.4. The molecule has 2 atom stereocenters. The van der Waals surface area contributed by atoms with Crippen LogP contribution in [0.25, 0.3) is 0 Å². The first-order valence-corrected chi connectivity index (χ1v) is 23.4. The van der Waals surface area contributed by atoms with Crippen LogP contribution in [0.4, 0.5) is 0 Å². The average molecular weight is 917 g/mol. The third-order valence-corrected chi connectivity index (χ3v) is 10.1. The second-order valence-electron chi connectivity index (χ2n) is 16.2. The maximum absolute atomic E-state index is 12.5. The van der Waals surface area contributed by atoms with Gasteiger partial charge in [0.15, 0.2) is 5.78 Å². The molecule has 0 fully saturated rings. The summed E-state index contributed by atoms with van der Waals surface area (Å²) in [6, 6.07) is -2.68. The highest BCUT2D eigenvalue weighted by Gasteiger charge is 2.24. The van der Waals surface area contributed by atoms with Crippen molar-refractivity contribution in [2.24, 2.45) is 5.92 Å². The van der Waals surface area contributed by atoms with Crippen molar-refractivity contribution in [3.8, 4) is 0 Å². The van der Waals surface area contributed by atoms with E-state index in [4.69, 9.17) is 24.1 Å². The summed E-state index contributed by atoms with van der Waals surface area (Å²) in [4.78, 5) is 94.5. The molecule has 0 unspecified atom stereocenters. The third kappa shape index (κ3) is 39.4. The second-order valence-corrected chi connectivity index (χ2v) is 16.2. The van der Waals surface area contributed by atoms with E-state index in [0.29, 0.717) is 13.0 Å². The molecule has 0 aliphatic heterocycles. The summed E-state index contributed by atoms with van der Waals surface area (Å²) in [5, 5.41) is 37.8. The normalized spacial score (nSPS) is 12.0. The summed E-state index contributed by atoms with van der Waals surface area (Å²) in [6.45, 7) is 5.19. The number of ether oxygens (including phenoxy) is 4. The Kier molecular flexibility index (Phi) is 38.8. The van der Waals surface area contributed by atoms with Crippen LogP contribution in [0, 0.1) is 5.92 Å². The van der Waals surface area contributed by atoms with E-state index in [0.717, 1.165) is 44.9 Å². The Balaban J connectivity index is 3.95. The van der Waals surface area contributed by atoms with Crippen molar-refractivity contribution >= 4 is 47.3 Å². The molecule has 4 amide bonds. The van der Waals surface area contributed by atoms with Crippen molar-refractivity contribution in [1.82, 2.24) is 21.3 Å². The molecule has 0 aliphatic carbocycles. The molecule has 0 aliphatic rings. The van der Waals surface area contributed by atoms with Gasteiger partial charge in [-0.1, -0.05) is 104 Å². The molecule has 0 radical (unpaired) electrons. The van der Waals surface area contributed by atoms with Gasteiger partial charge in [-0.05, 0) is 25.7 Å². The Morgan fingerprint density at radius 3 is 1.19 bits per heavy atom. The molecule has 0 aromatic rings. The first-order chi connectivity index (χ1) is 30.7. The number of aliphatic carboxylic acids is 3. The van der Waals surface area contributed by atoms with Crippen LogP contribution >= 0.6 is 0 Å². The predicted molar refractivity (Wildman–Crippen MR) is 237 cm³/mol. The van der Waals surface area contributed by atoms with Crippen molar-refractivity contribution in [3.63, 3.8) is 0 Å². The number of nitrogens with one attached hydrogen (secondary N) is 4. The van der Waals surface area contributed by atoms with Gasteiger partial charge in [-0.15, -0.1) is 0 Å². The van der Waals surface area contributed by atoms with E-state index in [9.17, 15) is 48.6 Å². The van der Waals surface area contributed by atoms with Crippen molar-refractivity contribution in [2.45, 2.75) is 167 Å². The van der Waals surface area contributed by atoms with Gasteiger partial charge >= 0.3 is 17.9 Å². The van der Waals surface area contributed by atoms with Crippen LogP contribution in [0.3, 0.4) is 0 Å². The summed E-state index contributed by atoms with van der Waals surface area (Å²) in [5.74, 6) is -5.36. The van der Waals surface area contributed by atoms with Gasteiger partial charge in [-0.3, -0.25) is 28.8 Å². The van der Waals surface area contributed by atoms with E-state index >= 15 is 0 Å². The number of hydrogen-bond acceptors (Lipinski definition) is 12. The van der Waals surface area contributed by atoms with E-state index in [1.165, 1.54) is 51.4 Å². The minimum absolute atomic E-state index is 0.0212. The lowest BCUT2D eigenvalue weighted by molar-refractivity contribution is -0.143. The van der Waals surface area contributed by atoms with Crippen LogP contribution in [0.15, 0.2) is 0 Å². The quantitative estimate of drug-likeness (QED) is 0.0419. The van der Waals surface area contributed by atoms with E-state index in [2.05, 4.69) is 21.3 Å². The number of unbranched alkanes of at least 4 members (excludes halogenated alkanes) is 15. The molecule has 7 N–H and O–H groups in total. The number of amides is 4. The Morgan fingerprint density at radius 2 is 0.766 bits per heavy atom. The highest BCUT2D eigenvalue weighted by Crippen LogP contribution is 2.15. The largest absolute Gasteiger partial charge is 0.481 e. The Bertz CT molecular complexity index is 1320. The number of carboxylic acids is 3. The Hall–Kier alpha value is -4.20. The van der Waals surface area contributed by atoms with Gasteiger partial charge in [-0.25, -0.2) is 9.59 Å². The second kappa shape index (κ2) is 41.5. The fraction of sp³-hybridized carbons (Fsp3) is 0.822. The molecule has 0 aromatic carbocycles. The fourth-order valence-corrected chi connectivity index (χ4v) is 6.24. The highest BCUT2D eigenvalue weighted by molar-refractivity contribution is 5.86. The summed E-state index contributed by atoms with van der Waals surface area (Å²) in [7, 11) is 0. The minimum atomic E-state index is -1.38. The van der Waals surface area contributed by atoms with Gasteiger partial charge in [0.05, 0.1) is 39.6 Å². The topological polar surface area (TPSA) is 282 Å². The number of carbonyl (C=O) groups excluding carboxylic acids is 5. The average Bonchev–Trinajstić information content (AvgIpc) is 3.24. The molecule has 370 valence electrons. The van der Waals surface area contributed by atoms with Crippen LogP contribution in [0.1, 0.15) is 155 Å². The third-order valence-electron chi connectivity index (χ3n) is 10.1. The van der Waals surface area contributed by atoms with Crippen LogP contribution in [-0.2, 0) is 57.3 Å². The Labute approximate surface area is 379 Å². The van der Waals surface area contributed by atoms with Crippen LogP contribution in [-0.4, -0.2) is 141 Å². The Morgan fingerprint density at radius 1 is 0.406 bits per heavy atom. The van der Waals surface area contributed by atoms with E-state index < -0.39 is 47.7 Å². The molecule has 19 nitrogen and oxygen atoms in total. The van der Waals surface area contributed by atoms with Crippen molar-refractivity contribution < 1.29 is 72.6 Å². The molecular formula is C45H80N4O15. The molecule has 0 aromatic heterocycles. The van der Waals surface area contributed by atoms with Gasteiger partial charge in [0.1, 0.15) is 25.3 Å². The van der Waals surface area contributed by atoms with Gasteiger partial charge < -0.3 is 55.5 Å². The smallest absolute Gasteiger partial charge is 0.326 e. The molecule has 0 heterocycles. The van der Waals surface area contributed by atoms with Gasteiger partial charge in [0.25, 0.3) is 0 Å². The highest BCUT2D eigenvalue weighted by atomic mass is 16.5. The number of hydrogen-bond donors (Lipinski definition) is 7. The van der Waals surface area contributed by atoms with Gasteiger partial charge in [0.2, 0.25) is 23.6 Å². The summed E-state index contributed by atoms with van der Waals surface area (Å²) in [5.41, 5.74) is 0. The van der Waals surface area contributed by atoms with Crippen molar-refractivity contribution in [2.75, 3.05) is 65.9 Å². The molecule has 0 saturated heterocycles. The maximum Gasteiger partial charge on any atom is 0.326 e. The number of rotatable bonds is 46. The molecule has 19 heteroatoms. The summed E-state index contributed by atoms with van der Waals surface area (Å²) >= 11 is 0. The monoisotopic (exact) mass is 917 g/mol. The molecular weight excluding hydrogens is 837 g/mol. The van der Waals surface area contributed by atoms with Crippen molar-refractivity contribution in [3.05, 3.63) is 0 Å². The molecule has 0 saturated carbocycles. The zero-order valence-corrected chi connectivity index (χ0v) is 38.6. The van der Waals surface area contributed by atoms with E-state index in [-0.39, 0.29) is 115 Å². The first kappa shape index (κ1) is 59.8. The molecule has 0 spiro atoms. The van der Waals surface area contributed by atoms with Gasteiger partial charge in [0, 0.05) is 44.7 Å². The number of ketones is 1. The zero-order valence-electron chi connectivity index (χ0n) is 38.6. The fourth-order valence-electron chi connectivity index (χ4n) is 6.24. The SMILES string of the molecule is CC(C)C(=O)COCCOCCNC(=O)COCCOCCNC(=O)CC[C@H](NC(=O)CC[C@H](NC(=O)CCCCCCCCCCCCCCCCCCC(=O)O)C(=O)O)C(=O)O. The number of carbonyl (C=O) groups is 8. The molecule has 0 rings (SSSR count). The summed E-state index contributed by atoms with van der Waals surface area (Å²) in [6.07, 6.45) is 16.8. The van der Waals surface area contributed by atoms with Crippen LogP contribution in [0.2, 0.25) is 0 Å². The van der Waals surface area contributed by atoms with Gasteiger partial charge in [-0.2, -0.15) is 0 Å². The lowest BCUT2D eigenvalue weighted by Gasteiger charge is -2.17. The standard InChI is InChI=1S/C45H80N4O15/c1-35(2)38(50)33-63-31-29-62-28-26-47-42(54)34-64-32-30-61-27-25-46-39(51)23-21-36(44(57)58)49-41(53)24-22-37(45(59)60)48-40(52)19-17-15-13-11-9-7-5-3-4-6-8-10-12-14-16-18-20-43(55)56/h35-37H,3-34H2,1-2H3,(H,46,51)(H,47,54)(H,48,52)(H,49,53)(H,55,56)(H,57,58)(H,59,60)/t36-,37-/m0/s1. The van der Waals surface area contributed by atoms with Crippen molar-refractivity contribution in [1.29, 1.82) is 0 Å². The maximum atomic E-state index is 12.5. The number of Topliss-reactive ketones (excluding diaryl/α,β-unsaturated/α-hetero) is 1.